The van der Waals surface area contributed by atoms with Gasteiger partial charge in [-0.1, -0.05) is 58.4 Å². The van der Waals surface area contributed by atoms with E-state index < -0.39 is 17.2 Å². The second-order valence-electron chi connectivity index (χ2n) is 10.8. The van der Waals surface area contributed by atoms with E-state index in [2.05, 4.69) is 62.5 Å². The minimum absolute atomic E-state index is 0.0492. The van der Waals surface area contributed by atoms with Crippen LogP contribution in [-0.2, 0) is 15.7 Å². The lowest BCUT2D eigenvalue weighted by Crippen LogP contribution is -2.60. The second kappa shape index (κ2) is 10.5. The quantitative estimate of drug-likeness (QED) is 0.525. The number of unbranched alkanes of at least 4 members (excludes halogenated alkanes) is 1. The van der Waals surface area contributed by atoms with Crippen molar-refractivity contribution >= 4 is 11.5 Å². The molecule has 1 heterocycles. The zero-order valence-corrected chi connectivity index (χ0v) is 21.6. The lowest BCUT2D eigenvalue weighted by atomic mass is 9.73. The molecule has 1 saturated carbocycles. The molecule has 36 heavy (non-hydrogen) atoms. The molecule has 2 aliphatic rings. The van der Waals surface area contributed by atoms with Crippen LogP contribution in [-0.4, -0.2) is 39.6 Å². The summed E-state index contributed by atoms with van der Waals surface area (Å²) in [5.74, 6) is -1.15. The van der Waals surface area contributed by atoms with Crippen molar-refractivity contribution in [2.24, 2.45) is 0 Å². The second-order valence-corrected chi connectivity index (χ2v) is 10.8. The maximum absolute atomic E-state index is 13.9. The van der Waals surface area contributed by atoms with Crippen molar-refractivity contribution in [1.82, 2.24) is 20.9 Å². The Balaban J connectivity index is 1.75. The number of nitrogens with zero attached hydrogens (tertiary/aromatic N) is 4. The Morgan fingerprint density at radius 3 is 2.36 bits per heavy atom. The Morgan fingerprint density at radius 1 is 1.08 bits per heavy atom. The van der Waals surface area contributed by atoms with Crippen LogP contribution in [0, 0.1) is 11.6 Å². The molecule has 1 saturated heterocycles. The van der Waals surface area contributed by atoms with Crippen molar-refractivity contribution in [1.29, 1.82) is 0 Å². The lowest BCUT2D eigenvalue weighted by molar-refractivity contribution is -0.347. The zero-order valence-electron chi connectivity index (χ0n) is 21.6. The van der Waals surface area contributed by atoms with Crippen LogP contribution in [0.5, 0.6) is 0 Å². The van der Waals surface area contributed by atoms with E-state index in [0.717, 1.165) is 29.8 Å². The number of anilines is 1. The van der Waals surface area contributed by atoms with Gasteiger partial charge in [0.15, 0.2) is 0 Å². The van der Waals surface area contributed by atoms with Crippen molar-refractivity contribution < 1.29 is 18.8 Å². The average Bonchev–Trinajstić information content (AvgIpc) is 3.21. The van der Waals surface area contributed by atoms with Crippen LogP contribution in [0.25, 0.3) is 0 Å². The number of benzene rings is 2. The van der Waals surface area contributed by atoms with Gasteiger partial charge in [-0.05, 0) is 53.2 Å². The van der Waals surface area contributed by atoms with Crippen LogP contribution in [0.1, 0.15) is 77.3 Å². The van der Waals surface area contributed by atoms with E-state index in [9.17, 15) is 18.8 Å². The summed E-state index contributed by atoms with van der Waals surface area (Å²) >= 11 is 0. The predicted octanol–water partition coefficient (Wildman–Crippen LogP) is 5.42. The molecule has 1 aliphatic carbocycles. The Bertz CT molecular complexity index is 1060. The third-order valence-corrected chi connectivity index (χ3v) is 7.25. The topological polar surface area (TPSA) is 62.3 Å². The van der Waals surface area contributed by atoms with Crippen molar-refractivity contribution in [3.8, 4) is 0 Å². The molecule has 0 atom stereocenters. The summed E-state index contributed by atoms with van der Waals surface area (Å²) in [5, 5.41) is 17.1. The molecule has 2 aromatic rings. The van der Waals surface area contributed by atoms with Crippen molar-refractivity contribution in [3.63, 3.8) is 0 Å². The van der Waals surface area contributed by atoms with E-state index in [1.165, 1.54) is 22.7 Å². The summed E-state index contributed by atoms with van der Waals surface area (Å²) in [6.07, 6.45) is 3.94. The number of Topliss-reactive ketones (excluding diaryl/α,β-unsaturated/α-hetero) is 1. The van der Waals surface area contributed by atoms with Gasteiger partial charge in [0.1, 0.15) is 24.1 Å². The molecular weight excluding hydrogens is 464 g/mol. The standard InChI is InChI=1S/C27H37F2N5O2/c1-5-6-14-32(33-19-31(30-34(33)36)24-17-22(28)16-23(29)18-24)27(12-10-25(35)11-13-27)21-9-7-8-20(15-21)26(2,3)4/h7-9,15-18,30,36H,5-6,10-14,19H2,1-4H3. The number of carbonyl (C=O) groups excluding carboxylic acids is 1. The average molecular weight is 502 g/mol. The summed E-state index contributed by atoms with van der Waals surface area (Å²) in [5.41, 5.74) is 4.76. The zero-order chi connectivity index (χ0) is 26.1. The summed E-state index contributed by atoms with van der Waals surface area (Å²) in [7, 11) is 0. The number of ketones is 1. The van der Waals surface area contributed by atoms with Gasteiger partial charge < -0.3 is 0 Å². The third-order valence-electron chi connectivity index (χ3n) is 7.25. The van der Waals surface area contributed by atoms with Gasteiger partial charge in [-0.25, -0.2) is 13.8 Å². The van der Waals surface area contributed by atoms with Gasteiger partial charge in [-0.3, -0.25) is 15.0 Å². The summed E-state index contributed by atoms with van der Waals surface area (Å²) in [6, 6.07) is 11.8. The molecule has 196 valence electrons. The SMILES string of the molecule is CCCCN(N1CN(c2cc(F)cc(F)c2)NN1O)C1(c2cccc(C(C)(C)C)c2)CCC(=O)CC1. The maximum Gasteiger partial charge on any atom is 0.133 e. The molecule has 1 aliphatic heterocycles. The molecule has 2 fully saturated rings. The van der Waals surface area contributed by atoms with Gasteiger partial charge in [0.05, 0.1) is 11.2 Å². The van der Waals surface area contributed by atoms with Crippen LogP contribution < -0.4 is 10.5 Å². The fourth-order valence-electron chi connectivity index (χ4n) is 5.16. The summed E-state index contributed by atoms with van der Waals surface area (Å²) in [4.78, 5) is 12.3. The smallest absolute Gasteiger partial charge is 0.133 e. The van der Waals surface area contributed by atoms with Gasteiger partial charge in [0.25, 0.3) is 0 Å². The van der Waals surface area contributed by atoms with Crippen LogP contribution >= 0.6 is 0 Å². The fourth-order valence-corrected chi connectivity index (χ4v) is 5.16. The van der Waals surface area contributed by atoms with Crippen LogP contribution in [0.2, 0.25) is 0 Å². The highest BCUT2D eigenvalue weighted by atomic mass is 19.1. The van der Waals surface area contributed by atoms with E-state index in [1.807, 2.05) is 0 Å². The van der Waals surface area contributed by atoms with Gasteiger partial charge >= 0.3 is 0 Å². The molecule has 0 spiro atoms. The highest BCUT2D eigenvalue weighted by Gasteiger charge is 2.47. The third kappa shape index (κ3) is 5.45. The molecule has 2 aromatic carbocycles. The van der Waals surface area contributed by atoms with E-state index in [1.54, 1.807) is 5.12 Å². The van der Waals surface area contributed by atoms with Crippen LogP contribution in [0.4, 0.5) is 14.5 Å². The van der Waals surface area contributed by atoms with Crippen LogP contribution in [0.15, 0.2) is 42.5 Å². The first kappa shape index (κ1) is 26.6. The largest absolute Gasteiger partial charge is 0.300 e. The maximum atomic E-state index is 13.9. The summed E-state index contributed by atoms with van der Waals surface area (Å²) in [6.45, 7) is 9.39. The molecule has 4 rings (SSSR count). The highest BCUT2D eigenvalue weighted by Crippen LogP contribution is 2.44. The molecule has 7 nitrogen and oxygen atoms in total. The van der Waals surface area contributed by atoms with E-state index in [0.29, 0.717) is 32.2 Å². The molecule has 0 aromatic heterocycles. The predicted molar refractivity (Wildman–Crippen MR) is 134 cm³/mol. The molecular formula is C27H37F2N5O2. The molecule has 0 bridgehead atoms. The number of hydrazine groups is 4. The van der Waals surface area contributed by atoms with E-state index in [4.69, 9.17) is 0 Å². The van der Waals surface area contributed by atoms with Crippen molar-refractivity contribution in [2.45, 2.75) is 77.2 Å². The van der Waals surface area contributed by atoms with Gasteiger partial charge in [0.2, 0.25) is 0 Å². The monoisotopic (exact) mass is 501 g/mol. The lowest BCUT2D eigenvalue weighted by Gasteiger charge is -2.50. The number of hydrogen-bond donors (Lipinski definition) is 2. The molecule has 9 heteroatoms. The van der Waals surface area contributed by atoms with Gasteiger partial charge in [-0.2, -0.15) is 0 Å². The van der Waals surface area contributed by atoms with Gasteiger partial charge in [0, 0.05) is 25.5 Å². The van der Waals surface area contributed by atoms with E-state index >= 15 is 0 Å². The van der Waals surface area contributed by atoms with Crippen molar-refractivity contribution in [3.05, 3.63) is 65.2 Å². The Labute approximate surface area is 212 Å². The number of hydrogen-bond acceptors (Lipinski definition) is 7. The normalized spacial score (nSPS) is 19.4. The Kier molecular flexibility index (Phi) is 7.78. The van der Waals surface area contributed by atoms with E-state index in [-0.39, 0.29) is 23.6 Å². The highest BCUT2D eigenvalue weighted by molar-refractivity contribution is 5.79. The van der Waals surface area contributed by atoms with Crippen molar-refractivity contribution in [2.75, 3.05) is 18.2 Å². The minimum Gasteiger partial charge on any atom is -0.300 e. The minimum atomic E-state index is -0.696. The first-order valence-electron chi connectivity index (χ1n) is 12.7. The van der Waals surface area contributed by atoms with Crippen LogP contribution in [0.3, 0.4) is 0 Å². The Morgan fingerprint density at radius 2 is 1.75 bits per heavy atom. The molecule has 0 radical (unpaired) electrons. The fraction of sp³-hybridized carbons (Fsp3) is 0.519. The molecule has 0 amide bonds. The molecule has 2 N–H and O–H groups in total. The van der Waals surface area contributed by atoms with Gasteiger partial charge in [-0.15, -0.1) is 10.7 Å². The number of rotatable bonds is 7. The number of carbonyl (C=O) groups is 1. The number of nitrogens with one attached hydrogen (secondary N) is 1. The first-order chi connectivity index (χ1) is 17.0. The number of halogens is 2. The molecule has 0 unspecified atom stereocenters. The summed E-state index contributed by atoms with van der Waals surface area (Å²) < 4.78 is 27.8. The Hall–Kier alpha value is -2.43. The first-order valence-corrected chi connectivity index (χ1v) is 12.7.